The number of aliphatic hydroxyl groups is 1. The maximum absolute atomic E-state index is 14.2. The summed E-state index contributed by atoms with van der Waals surface area (Å²) >= 11 is 0. The van der Waals surface area contributed by atoms with Gasteiger partial charge in [-0.2, -0.15) is 0 Å². The predicted octanol–water partition coefficient (Wildman–Crippen LogP) is 3.35. The van der Waals surface area contributed by atoms with Crippen LogP contribution in [0.4, 0.5) is 8.78 Å². The van der Waals surface area contributed by atoms with Crippen LogP contribution in [-0.4, -0.2) is 60.9 Å². The van der Waals surface area contributed by atoms with Crippen molar-refractivity contribution in [1.82, 2.24) is 9.80 Å². The Hall–Kier alpha value is -3.26. The normalized spacial score (nSPS) is 18.1. The summed E-state index contributed by atoms with van der Waals surface area (Å²) in [5.74, 6) is -3.33. The number of carbonyl (C=O) groups excluding carboxylic acids is 2. The summed E-state index contributed by atoms with van der Waals surface area (Å²) < 4.78 is 32.6. The highest BCUT2D eigenvalue weighted by Crippen LogP contribution is 2.39. The fourth-order valence-corrected chi connectivity index (χ4v) is 3.63. The number of benzene rings is 2. The van der Waals surface area contributed by atoms with Crippen LogP contribution in [0.3, 0.4) is 0 Å². The van der Waals surface area contributed by atoms with Crippen LogP contribution in [0.2, 0.25) is 0 Å². The van der Waals surface area contributed by atoms with Gasteiger partial charge in [-0.05, 0) is 63.0 Å². The first kappa shape index (κ1) is 22.4. The van der Waals surface area contributed by atoms with E-state index in [4.69, 9.17) is 4.74 Å². The zero-order valence-electron chi connectivity index (χ0n) is 17.6. The highest BCUT2D eigenvalue weighted by Gasteiger charge is 2.45. The molecule has 1 heterocycles. The summed E-state index contributed by atoms with van der Waals surface area (Å²) in [4.78, 5) is 29.0. The minimum Gasteiger partial charge on any atom is -0.507 e. The van der Waals surface area contributed by atoms with E-state index in [1.54, 1.807) is 0 Å². The first-order valence-corrected chi connectivity index (χ1v) is 9.77. The molecule has 2 aromatic rings. The summed E-state index contributed by atoms with van der Waals surface area (Å²) in [6.45, 7) is 0.946. The van der Waals surface area contributed by atoms with Gasteiger partial charge in [0.2, 0.25) is 0 Å². The molecule has 0 bridgehead atoms. The van der Waals surface area contributed by atoms with Gasteiger partial charge in [-0.1, -0.05) is 12.1 Å². The Morgan fingerprint density at radius 2 is 1.81 bits per heavy atom. The van der Waals surface area contributed by atoms with Gasteiger partial charge < -0.3 is 19.6 Å². The van der Waals surface area contributed by atoms with Crippen molar-refractivity contribution >= 4 is 17.4 Å². The number of halogens is 2. The summed E-state index contributed by atoms with van der Waals surface area (Å²) in [7, 11) is 5.10. The number of Topliss-reactive ketones (excluding diaryl/α,β-unsaturated/α-hetero) is 1. The van der Waals surface area contributed by atoms with Crippen LogP contribution >= 0.6 is 0 Å². The molecule has 1 saturated heterocycles. The van der Waals surface area contributed by atoms with E-state index in [-0.39, 0.29) is 23.4 Å². The van der Waals surface area contributed by atoms with Crippen LogP contribution in [0.5, 0.6) is 5.75 Å². The topological polar surface area (TPSA) is 70.1 Å². The van der Waals surface area contributed by atoms with E-state index < -0.39 is 35.1 Å². The summed E-state index contributed by atoms with van der Waals surface area (Å²) in [6.07, 6.45) is 0.592. The molecule has 0 aromatic heterocycles. The summed E-state index contributed by atoms with van der Waals surface area (Å²) in [5.41, 5.74) is 0.351. The van der Waals surface area contributed by atoms with Crippen molar-refractivity contribution in [3.8, 4) is 5.75 Å². The van der Waals surface area contributed by atoms with Gasteiger partial charge in [0.15, 0.2) is 11.6 Å². The summed E-state index contributed by atoms with van der Waals surface area (Å²) in [6, 6.07) is 8.23. The monoisotopic (exact) mass is 430 g/mol. The number of likely N-dealkylation sites (tertiary alicyclic amines) is 1. The van der Waals surface area contributed by atoms with Gasteiger partial charge >= 0.3 is 0 Å². The SMILES string of the molecule is COc1ccc(/C(O)=C2/C(=O)C(=O)N(CCCN(C)C)C2c2ccc(F)cc2)cc1F. The molecule has 1 amide bonds. The minimum atomic E-state index is -0.909. The molecule has 0 spiro atoms. The number of nitrogens with zero attached hydrogens (tertiary/aromatic N) is 2. The molecular weight excluding hydrogens is 406 g/mol. The van der Waals surface area contributed by atoms with Crippen molar-refractivity contribution < 1.29 is 28.2 Å². The Labute approximate surface area is 179 Å². The lowest BCUT2D eigenvalue weighted by Gasteiger charge is -2.26. The third kappa shape index (κ3) is 4.59. The lowest BCUT2D eigenvalue weighted by Crippen LogP contribution is -2.32. The first-order valence-electron chi connectivity index (χ1n) is 9.77. The molecule has 2 aromatic carbocycles. The first-order chi connectivity index (χ1) is 14.7. The molecule has 1 aliphatic rings. The molecule has 164 valence electrons. The smallest absolute Gasteiger partial charge is 0.295 e. The Morgan fingerprint density at radius 1 is 1.13 bits per heavy atom. The maximum Gasteiger partial charge on any atom is 0.295 e. The van der Waals surface area contributed by atoms with Gasteiger partial charge in [0.05, 0.1) is 18.7 Å². The highest BCUT2D eigenvalue weighted by molar-refractivity contribution is 6.46. The Kier molecular flexibility index (Phi) is 6.70. The summed E-state index contributed by atoms with van der Waals surface area (Å²) in [5, 5.41) is 10.9. The molecule has 1 fully saturated rings. The molecule has 1 atom stereocenters. The second kappa shape index (κ2) is 9.26. The number of carbonyl (C=O) groups is 2. The lowest BCUT2D eigenvalue weighted by molar-refractivity contribution is -0.139. The highest BCUT2D eigenvalue weighted by atomic mass is 19.1. The van der Waals surface area contributed by atoms with Gasteiger partial charge in [-0.25, -0.2) is 8.78 Å². The van der Waals surface area contributed by atoms with E-state index in [9.17, 15) is 23.5 Å². The Morgan fingerprint density at radius 3 is 2.39 bits per heavy atom. The maximum atomic E-state index is 14.2. The van der Waals surface area contributed by atoms with E-state index in [0.717, 1.165) is 6.07 Å². The van der Waals surface area contributed by atoms with Gasteiger partial charge in [0.25, 0.3) is 11.7 Å². The molecule has 0 saturated carbocycles. The number of methoxy groups -OCH3 is 1. The van der Waals surface area contributed by atoms with Gasteiger partial charge in [-0.15, -0.1) is 0 Å². The second-order valence-electron chi connectivity index (χ2n) is 7.55. The number of ketones is 1. The molecule has 1 aliphatic heterocycles. The molecule has 3 rings (SSSR count). The number of ether oxygens (including phenoxy) is 1. The molecule has 1 unspecified atom stereocenters. The van der Waals surface area contributed by atoms with Crippen LogP contribution in [0.1, 0.15) is 23.6 Å². The number of hydrogen-bond donors (Lipinski definition) is 1. The van der Waals surface area contributed by atoms with Crippen molar-refractivity contribution in [2.45, 2.75) is 12.5 Å². The van der Waals surface area contributed by atoms with Crippen LogP contribution in [0, 0.1) is 11.6 Å². The molecule has 0 radical (unpaired) electrons. The van der Waals surface area contributed by atoms with Gasteiger partial charge in [0, 0.05) is 12.1 Å². The zero-order chi connectivity index (χ0) is 22.7. The van der Waals surface area contributed by atoms with Crippen LogP contribution in [0.15, 0.2) is 48.0 Å². The molecule has 1 N–H and O–H groups in total. The molecule has 6 nitrogen and oxygen atoms in total. The van der Waals surface area contributed by atoms with E-state index in [0.29, 0.717) is 18.5 Å². The predicted molar refractivity (Wildman–Crippen MR) is 112 cm³/mol. The van der Waals surface area contributed by atoms with Crippen molar-refractivity contribution in [3.05, 3.63) is 70.8 Å². The largest absolute Gasteiger partial charge is 0.507 e. The Balaban J connectivity index is 2.10. The number of amides is 1. The van der Waals surface area contributed by atoms with Crippen molar-refractivity contribution in [2.75, 3.05) is 34.3 Å². The van der Waals surface area contributed by atoms with E-state index in [1.165, 1.54) is 48.4 Å². The standard InChI is InChI=1S/C23H24F2N2O4/c1-26(2)11-4-12-27-20(14-5-8-16(24)9-6-14)19(22(29)23(27)30)21(28)15-7-10-18(31-3)17(25)13-15/h5-10,13,20,28H,4,11-12H2,1-3H3/b21-19-. The van der Waals surface area contributed by atoms with Crippen molar-refractivity contribution in [1.29, 1.82) is 0 Å². The Bertz CT molecular complexity index is 1020. The molecule has 8 heteroatoms. The number of hydrogen-bond acceptors (Lipinski definition) is 5. The van der Waals surface area contributed by atoms with Gasteiger partial charge in [-0.3, -0.25) is 9.59 Å². The number of aliphatic hydroxyl groups excluding tert-OH is 1. The third-order valence-corrected chi connectivity index (χ3v) is 5.16. The van der Waals surface area contributed by atoms with E-state index in [1.807, 2.05) is 19.0 Å². The second-order valence-corrected chi connectivity index (χ2v) is 7.55. The fraction of sp³-hybridized carbons (Fsp3) is 0.304. The zero-order valence-corrected chi connectivity index (χ0v) is 17.6. The van der Waals surface area contributed by atoms with Crippen LogP contribution < -0.4 is 4.74 Å². The third-order valence-electron chi connectivity index (χ3n) is 5.16. The lowest BCUT2D eigenvalue weighted by atomic mass is 9.95. The molecule has 0 aliphatic carbocycles. The fourth-order valence-electron chi connectivity index (χ4n) is 3.63. The van der Waals surface area contributed by atoms with Crippen LogP contribution in [-0.2, 0) is 9.59 Å². The van der Waals surface area contributed by atoms with Crippen molar-refractivity contribution in [2.24, 2.45) is 0 Å². The minimum absolute atomic E-state index is 0.0178. The average molecular weight is 430 g/mol. The van der Waals surface area contributed by atoms with E-state index in [2.05, 4.69) is 0 Å². The number of rotatable bonds is 7. The average Bonchev–Trinajstić information content (AvgIpc) is 2.98. The quantitative estimate of drug-likeness (QED) is 0.415. The van der Waals surface area contributed by atoms with E-state index >= 15 is 0 Å². The van der Waals surface area contributed by atoms with Crippen molar-refractivity contribution in [3.63, 3.8) is 0 Å². The van der Waals surface area contributed by atoms with Gasteiger partial charge in [0.1, 0.15) is 11.6 Å². The van der Waals surface area contributed by atoms with Crippen LogP contribution in [0.25, 0.3) is 5.76 Å². The molecular formula is C23H24F2N2O4. The molecule has 31 heavy (non-hydrogen) atoms.